The highest BCUT2D eigenvalue weighted by Crippen LogP contribution is 2.34. The number of carbonyl (C=O) groups is 1. The van der Waals surface area contributed by atoms with Crippen molar-refractivity contribution in [1.29, 1.82) is 0 Å². The van der Waals surface area contributed by atoms with Crippen LogP contribution in [0.4, 0.5) is 4.39 Å². The number of benzene rings is 2. The van der Waals surface area contributed by atoms with Gasteiger partial charge in [0.05, 0.1) is 16.4 Å². The molecule has 0 radical (unpaired) electrons. The van der Waals surface area contributed by atoms with Gasteiger partial charge in [0.25, 0.3) is 0 Å². The van der Waals surface area contributed by atoms with Gasteiger partial charge in [0.1, 0.15) is 17.1 Å². The molecule has 140 valence electrons. The van der Waals surface area contributed by atoms with Gasteiger partial charge in [-0.15, -0.1) is 0 Å². The zero-order chi connectivity index (χ0) is 19.7. The molecular weight excluding hydrogens is 375 g/mol. The van der Waals surface area contributed by atoms with E-state index >= 15 is 0 Å². The summed E-state index contributed by atoms with van der Waals surface area (Å²) in [5, 5.41) is 33.3. The van der Waals surface area contributed by atoms with E-state index in [1.54, 1.807) is 0 Å². The first kappa shape index (κ1) is 18.7. The summed E-state index contributed by atoms with van der Waals surface area (Å²) in [7, 11) is 0. The van der Waals surface area contributed by atoms with Gasteiger partial charge >= 0.3 is 5.97 Å². The zero-order valence-corrected chi connectivity index (χ0v) is 15.0. The molecule has 0 aliphatic carbocycles. The zero-order valence-electron chi connectivity index (χ0n) is 14.3. The van der Waals surface area contributed by atoms with Gasteiger partial charge in [0.2, 0.25) is 0 Å². The van der Waals surface area contributed by atoms with Crippen LogP contribution in [0.2, 0.25) is 5.02 Å². The van der Waals surface area contributed by atoms with Gasteiger partial charge in [-0.25, -0.2) is 13.9 Å². The highest BCUT2D eigenvalue weighted by Gasteiger charge is 2.25. The van der Waals surface area contributed by atoms with E-state index in [0.717, 1.165) is 0 Å². The molecule has 3 aromatic rings. The molecule has 8 heteroatoms. The summed E-state index contributed by atoms with van der Waals surface area (Å²) in [4.78, 5) is 12.0. The van der Waals surface area contributed by atoms with E-state index in [1.165, 1.54) is 41.1 Å². The predicted molar refractivity (Wildman–Crippen MR) is 98.3 cm³/mol. The van der Waals surface area contributed by atoms with Crippen molar-refractivity contribution >= 4 is 17.6 Å². The minimum absolute atomic E-state index is 0.0256. The van der Waals surface area contributed by atoms with E-state index in [4.69, 9.17) is 11.6 Å². The highest BCUT2D eigenvalue weighted by atomic mass is 35.5. The Hall–Kier alpha value is -3.06. The van der Waals surface area contributed by atoms with Crippen molar-refractivity contribution in [1.82, 2.24) is 9.78 Å². The first-order valence-electron chi connectivity index (χ1n) is 8.16. The minimum Gasteiger partial charge on any atom is -0.504 e. The Kier molecular flexibility index (Phi) is 5.05. The lowest BCUT2D eigenvalue weighted by Gasteiger charge is -2.08. The lowest BCUT2D eigenvalue weighted by molar-refractivity contribution is 0.0696. The normalized spacial score (nSPS) is 10.9. The molecule has 0 unspecified atom stereocenters. The molecule has 0 atom stereocenters. The van der Waals surface area contributed by atoms with E-state index in [1.807, 2.05) is 6.92 Å². The third kappa shape index (κ3) is 3.46. The van der Waals surface area contributed by atoms with Crippen LogP contribution in [0.3, 0.4) is 0 Å². The van der Waals surface area contributed by atoms with Gasteiger partial charge < -0.3 is 15.3 Å². The van der Waals surface area contributed by atoms with Crippen LogP contribution in [-0.2, 0) is 6.42 Å². The van der Waals surface area contributed by atoms with Crippen LogP contribution in [0.15, 0.2) is 36.4 Å². The molecule has 3 N–H and O–H groups in total. The maximum absolute atomic E-state index is 13.5. The molecule has 0 saturated carbocycles. The molecule has 1 aromatic heterocycles. The van der Waals surface area contributed by atoms with Crippen LogP contribution < -0.4 is 0 Å². The maximum Gasteiger partial charge on any atom is 0.339 e. The third-order valence-corrected chi connectivity index (χ3v) is 4.37. The minimum atomic E-state index is -1.18. The van der Waals surface area contributed by atoms with Crippen molar-refractivity contribution in [2.45, 2.75) is 19.8 Å². The average molecular weight is 391 g/mol. The Morgan fingerprint density at radius 3 is 2.52 bits per heavy atom. The largest absolute Gasteiger partial charge is 0.504 e. The van der Waals surface area contributed by atoms with E-state index in [9.17, 15) is 24.5 Å². The molecule has 0 spiro atoms. The van der Waals surface area contributed by atoms with Gasteiger partial charge in [-0.05, 0) is 42.8 Å². The molecule has 0 fully saturated rings. The number of hydrogen-bond acceptors (Lipinski definition) is 4. The first-order chi connectivity index (χ1) is 12.8. The Morgan fingerprint density at radius 1 is 1.19 bits per heavy atom. The average Bonchev–Trinajstić information content (AvgIpc) is 2.99. The number of phenols is 2. The molecule has 0 bridgehead atoms. The van der Waals surface area contributed by atoms with Gasteiger partial charge in [0, 0.05) is 5.56 Å². The van der Waals surface area contributed by atoms with E-state index in [2.05, 4.69) is 5.10 Å². The summed E-state index contributed by atoms with van der Waals surface area (Å²) in [5.74, 6) is -2.48. The first-order valence-corrected chi connectivity index (χ1v) is 8.54. The Bertz CT molecular complexity index is 1030. The van der Waals surface area contributed by atoms with Crippen molar-refractivity contribution in [2.24, 2.45) is 0 Å². The maximum atomic E-state index is 13.5. The number of aromatic carboxylic acids is 1. The fraction of sp³-hybridized carbons (Fsp3) is 0.158. The molecule has 0 aliphatic heterocycles. The number of rotatable bonds is 5. The molecule has 0 saturated heterocycles. The number of phenolic OH excluding ortho intramolecular Hbond substituents is 2. The summed E-state index contributed by atoms with van der Waals surface area (Å²) >= 11 is 5.86. The van der Waals surface area contributed by atoms with Crippen molar-refractivity contribution in [2.75, 3.05) is 0 Å². The van der Waals surface area contributed by atoms with Crippen LogP contribution in [0.25, 0.3) is 16.9 Å². The molecule has 0 aliphatic rings. The van der Waals surface area contributed by atoms with Crippen LogP contribution in [-0.4, -0.2) is 31.1 Å². The summed E-state index contributed by atoms with van der Waals surface area (Å²) in [6.45, 7) is 1.90. The van der Waals surface area contributed by atoms with Crippen molar-refractivity contribution < 1.29 is 24.5 Å². The van der Waals surface area contributed by atoms with Crippen LogP contribution in [0.5, 0.6) is 11.5 Å². The van der Waals surface area contributed by atoms with Gasteiger partial charge in [0.15, 0.2) is 11.5 Å². The monoisotopic (exact) mass is 390 g/mol. The van der Waals surface area contributed by atoms with Gasteiger partial charge in [-0.1, -0.05) is 24.9 Å². The fourth-order valence-electron chi connectivity index (χ4n) is 2.85. The lowest BCUT2D eigenvalue weighted by atomic mass is 10.0. The smallest absolute Gasteiger partial charge is 0.339 e. The van der Waals surface area contributed by atoms with Crippen LogP contribution >= 0.6 is 11.6 Å². The molecule has 6 nitrogen and oxygen atoms in total. The molecular formula is C19H16ClFN2O4. The standard InChI is InChI=1S/C19H16ClFN2O4/c1-2-3-14-17(19(26)27)18(10-4-7-15(24)16(25)8-10)22-23(14)11-5-6-13(21)12(20)9-11/h4-9,24-25H,2-3H2,1H3,(H,26,27). The molecule has 0 amide bonds. The number of aromatic nitrogens is 2. The lowest BCUT2D eigenvalue weighted by Crippen LogP contribution is -2.07. The van der Waals surface area contributed by atoms with Crippen molar-refractivity contribution in [3.05, 3.63) is 58.5 Å². The van der Waals surface area contributed by atoms with Crippen LogP contribution in [0.1, 0.15) is 29.4 Å². The number of carboxylic acid groups (broad SMARTS) is 1. The number of carboxylic acids is 1. The second-order valence-electron chi connectivity index (χ2n) is 5.94. The topological polar surface area (TPSA) is 95.6 Å². The second kappa shape index (κ2) is 7.28. The SMILES string of the molecule is CCCc1c(C(=O)O)c(-c2ccc(O)c(O)c2)nn1-c1ccc(F)c(Cl)c1. The van der Waals surface area contributed by atoms with Crippen molar-refractivity contribution in [3.63, 3.8) is 0 Å². The highest BCUT2D eigenvalue weighted by molar-refractivity contribution is 6.30. The molecule has 27 heavy (non-hydrogen) atoms. The van der Waals surface area contributed by atoms with Gasteiger partial charge in [-0.3, -0.25) is 0 Å². The Morgan fingerprint density at radius 2 is 1.93 bits per heavy atom. The Balaban J connectivity index is 2.29. The van der Waals surface area contributed by atoms with E-state index in [-0.39, 0.29) is 27.8 Å². The summed E-state index contributed by atoms with van der Waals surface area (Å²) < 4.78 is 14.9. The molecule has 3 rings (SSSR count). The predicted octanol–water partition coefficient (Wildman–Crippen LogP) is 4.39. The third-order valence-electron chi connectivity index (χ3n) is 4.08. The number of hydrogen-bond donors (Lipinski definition) is 3. The summed E-state index contributed by atoms with van der Waals surface area (Å²) in [5.41, 5.74) is 1.27. The number of aromatic hydroxyl groups is 2. The van der Waals surface area contributed by atoms with E-state index < -0.39 is 11.8 Å². The summed E-state index contributed by atoms with van der Waals surface area (Å²) in [6, 6.07) is 7.96. The molecule has 1 heterocycles. The van der Waals surface area contributed by atoms with E-state index in [0.29, 0.717) is 29.8 Å². The van der Waals surface area contributed by atoms with Gasteiger partial charge in [-0.2, -0.15) is 5.10 Å². The van der Waals surface area contributed by atoms with Crippen molar-refractivity contribution in [3.8, 4) is 28.4 Å². The molecule has 2 aromatic carbocycles. The number of nitrogens with zero attached hydrogens (tertiary/aromatic N) is 2. The fourth-order valence-corrected chi connectivity index (χ4v) is 3.02. The quantitative estimate of drug-likeness (QED) is 0.561. The van der Waals surface area contributed by atoms with Crippen LogP contribution in [0, 0.1) is 5.82 Å². The Labute approximate surface area is 159 Å². The summed E-state index contributed by atoms with van der Waals surface area (Å²) in [6.07, 6.45) is 1.06. The second-order valence-corrected chi connectivity index (χ2v) is 6.35. The number of halogens is 2.